The van der Waals surface area contributed by atoms with Crippen LogP contribution >= 0.6 is 23.2 Å². The molecule has 1 unspecified atom stereocenters. The maximum absolute atomic E-state index is 9.43. The molecular weight excluding hydrogens is 249 g/mol. The molecule has 5 heteroatoms. The summed E-state index contributed by atoms with van der Waals surface area (Å²) in [6.45, 7) is 0.861. The molecule has 90 valence electrons. The van der Waals surface area contributed by atoms with Crippen molar-refractivity contribution in [3.63, 3.8) is 0 Å². The van der Waals surface area contributed by atoms with Crippen molar-refractivity contribution < 1.29 is 9.84 Å². The SMILES string of the molecule is NCCC(O)CCOc1cc(Cl)ccc1Cl. The van der Waals surface area contributed by atoms with Gasteiger partial charge in [-0.1, -0.05) is 23.2 Å². The zero-order valence-corrected chi connectivity index (χ0v) is 10.3. The average molecular weight is 264 g/mol. The Bertz CT molecular complexity index is 334. The van der Waals surface area contributed by atoms with Gasteiger partial charge in [0.15, 0.2) is 0 Å². The molecule has 1 rings (SSSR count). The smallest absolute Gasteiger partial charge is 0.139 e. The zero-order chi connectivity index (χ0) is 12.0. The van der Waals surface area contributed by atoms with Gasteiger partial charge in [0, 0.05) is 17.5 Å². The summed E-state index contributed by atoms with van der Waals surface area (Å²) < 4.78 is 5.42. The fourth-order valence-electron chi connectivity index (χ4n) is 1.23. The standard InChI is InChI=1S/C11H15Cl2NO2/c12-8-1-2-10(13)11(7-8)16-6-4-9(15)3-5-14/h1-2,7,9,15H,3-6,14H2. The summed E-state index contributed by atoms with van der Waals surface area (Å²) in [4.78, 5) is 0. The van der Waals surface area contributed by atoms with Crippen LogP contribution in [0.15, 0.2) is 18.2 Å². The highest BCUT2D eigenvalue weighted by Crippen LogP contribution is 2.27. The minimum absolute atomic E-state index is 0.390. The Morgan fingerprint density at radius 3 is 2.75 bits per heavy atom. The van der Waals surface area contributed by atoms with E-state index in [1.807, 2.05) is 0 Å². The topological polar surface area (TPSA) is 55.5 Å². The quantitative estimate of drug-likeness (QED) is 0.829. The van der Waals surface area contributed by atoms with Crippen LogP contribution in [0.2, 0.25) is 10.0 Å². The lowest BCUT2D eigenvalue weighted by atomic mass is 10.2. The molecule has 0 aromatic heterocycles. The van der Waals surface area contributed by atoms with Crippen molar-refractivity contribution in [2.75, 3.05) is 13.2 Å². The van der Waals surface area contributed by atoms with E-state index in [1.54, 1.807) is 18.2 Å². The molecular formula is C11H15Cl2NO2. The van der Waals surface area contributed by atoms with Crippen LogP contribution in [0, 0.1) is 0 Å². The summed E-state index contributed by atoms with van der Waals surface area (Å²) in [5.74, 6) is 0.536. The van der Waals surface area contributed by atoms with Gasteiger partial charge in [-0.15, -0.1) is 0 Å². The minimum atomic E-state index is -0.428. The predicted octanol–water partition coefficient (Wildman–Crippen LogP) is 2.47. The molecule has 0 saturated heterocycles. The molecule has 1 atom stereocenters. The Balaban J connectivity index is 2.39. The van der Waals surface area contributed by atoms with Gasteiger partial charge in [0.05, 0.1) is 17.7 Å². The summed E-state index contributed by atoms with van der Waals surface area (Å²) in [6, 6.07) is 5.02. The maximum Gasteiger partial charge on any atom is 0.139 e. The number of hydrogen-bond donors (Lipinski definition) is 2. The molecule has 0 amide bonds. The van der Waals surface area contributed by atoms with Gasteiger partial charge in [-0.25, -0.2) is 0 Å². The molecule has 0 fully saturated rings. The number of aliphatic hydroxyl groups is 1. The molecule has 0 saturated carbocycles. The summed E-state index contributed by atoms with van der Waals surface area (Å²) in [5, 5.41) is 10.5. The van der Waals surface area contributed by atoms with E-state index in [0.29, 0.717) is 41.8 Å². The molecule has 0 aliphatic rings. The normalized spacial score (nSPS) is 12.5. The molecule has 0 spiro atoms. The molecule has 0 aliphatic carbocycles. The Morgan fingerprint density at radius 2 is 2.06 bits per heavy atom. The second-order valence-electron chi connectivity index (χ2n) is 3.44. The number of halogens is 2. The fraction of sp³-hybridized carbons (Fsp3) is 0.455. The van der Waals surface area contributed by atoms with E-state index >= 15 is 0 Å². The Morgan fingerprint density at radius 1 is 1.31 bits per heavy atom. The van der Waals surface area contributed by atoms with Crippen molar-refractivity contribution in [1.82, 2.24) is 0 Å². The van der Waals surface area contributed by atoms with Crippen LogP contribution in [0.1, 0.15) is 12.8 Å². The van der Waals surface area contributed by atoms with E-state index in [2.05, 4.69) is 0 Å². The van der Waals surface area contributed by atoms with Crippen LogP contribution in [0.25, 0.3) is 0 Å². The number of aliphatic hydroxyl groups excluding tert-OH is 1. The highest BCUT2D eigenvalue weighted by molar-refractivity contribution is 6.34. The third-order valence-electron chi connectivity index (χ3n) is 2.10. The first kappa shape index (κ1) is 13.6. The monoisotopic (exact) mass is 263 g/mol. The number of benzene rings is 1. The van der Waals surface area contributed by atoms with Crippen LogP contribution in [-0.2, 0) is 0 Å². The molecule has 3 nitrogen and oxygen atoms in total. The van der Waals surface area contributed by atoms with Gasteiger partial charge in [0.25, 0.3) is 0 Å². The van der Waals surface area contributed by atoms with Crippen LogP contribution in [-0.4, -0.2) is 24.4 Å². The number of nitrogens with two attached hydrogens (primary N) is 1. The predicted molar refractivity (Wildman–Crippen MR) is 66.3 cm³/mol. The van der Waals surface area contributed by atoms with Gasteiger partial charge in [-0.2, -0.15) is 0 Å². The second-order valence-corrected chi connectivity index (χ2v) is 4.29. The molecule has 3 N–H and O–H groups in total. The minimum Gasteiger partial charge on any atom is -0.492 e. The number of hydrogen-bond acceptors (Lipinski definition) is 3. The van der Waals surface area contributed by atoms with Crippen molar-refractivity contribution in [2.45, 2.75) is 18.9 Å². The van der Waals surface area contributed by atoms with E-state index in [-0.39, 0.29) is 0 Å². The Hall–Kier alpha value is -0.480. The third kappa shape index (κ3) is 4.58. The lowest BCUT2D eigenvalue weighted by Gasteiger charge is -2.11. The lowest BCUT2D eigenvalue weighted by Crippen LogP contribution is -2.16. The molecule has 0 aliphatic heterocycles. The number of rotatable bonds is 6. The summed E-state index contributed by atoms with van der Waals surface area (Å²) in [6.07, 6.45) is 0.676. The highest BCUT2D eigenvalue weighted by Gasteiger charge is 2.05. The molecule has 1 aromatic rings. The molecule has 16 heavy (non-hydrogen) atoms. The average Bonchev–Trinajstić information content (AvgIpc) is 2.23. The third-order valence-corrected chi connectivity index (χ3v) is 2.65. The van der Waals surface area contributed by atoms with Crippen LogP contribution in [0.4, 0.5) is 0 Å². The number of ether oxygens (including phenoxy) is 1. The maximum atomic E-state index is 9.43. The second kappa shape index (κ2) is 6.97. The van der Waals surface area contributed by atoms with Gasteiger partial charge >= 0.3 is 0 Å². The van der Waals surface area contributed by atoms with Gasteiger partial charge in [-0.05, 0) is 25.1 Å². The summed E-state index contributed by atoms with van der Waals surface area (Å²) in [5.41, 5.74) is 5.32. The first-order valence-electron chi connectivity index (χ1n) is 5.09. The van der Waals surface area contributed by atoms with Gasteiger partial charge < -0.3 is 15.6 Å². The van der Waals surface area contributed by atoms with Crippen molar-refractivity contribution >= 4 is 23.2 Å². The van der Waals surface area contributed by atoms with Gasteiger partial charge in [0.2, 0.25) is 0 Å². The first-order valence-corrected chi connectivity index (χ1v) is 5.85. The summed E-state index contributed by atoms with van der Waals surface area (Å²) in [7, 11) is 0. The molecule has 0 radical (unpaired) electrons. The first-order chi connectivity index (χ1) is 7.63. The zero-order valence-electron chi connectivity index (χ0n) is 8.83. The van der Waals surface area contributed by atoms with Gasteiger partial charge in [-0.3, -0.25) is 0 Å². The van der Waals surface area contributed by atoms with E-state index in [1.165, 1.54) is 0 Å². The van der Waals surface area contributed by atoms with Crippen molar-refractivity contribution in [2.24, 2.45) is 5.73 Å². The molecule has 0 heterocycles. The molecule has 0 bridgehead atoms. The highest BCUT2D eigenvalue weighted by atomic mass is 35.5. The van der Waals surface area contributed by atoms with E-state index in [4.69, 9.17) is 33.7 Å². The van der Waals surface area contributed by atoms with E-state index < -0.39 is 6.10 Å². The van der Waals surface area contributed by atoms with Crippen molar-refractivity contribution in [1.29, 1.82) is 0 Å². The van der Waals surface area contributed by atoms with Crippen molar-refractivity contribution in [3.8, 4) is 5.75 Å². The molecule has 1 aromatic carbocycles. The fourth-order valence-corrected chi connectivity index (χ4v) is 1.56. The van der Waals surface area contributed by atoms with E-state index in [9.17, 15) is 5.11 Å². The van der Waals surface area contributed by atoms with Crippen LogP contribution in [0.5, 0.6) is 5.75 Å². The Labute approximate surface area is 105 Å². The lowest BCUT2D eigenvalue weighted by molar-refractivity contribution is 0.133. The van der Waals surface area contributed by atoms with Crippen LogP contribution in [0.3, 0.4) is 0 Å². The van der Waals surface area contributed by atoms with Crippen LogP contribution < -0.4 is 10.5 Å². The largest absolute Gasteiger partial charge is 0.492 e. The summed E-state index contributed by atoms with van der Waals surface area (Å²) >= 11 is 11.7. The van der Waals surface area contributed by atoms with Gasteiger partial charge in [0.1, 0.15) is 5.75 Å². The Kier molecular flexibility index (Phi) is 5.91. The van der Waals surface area contributed by atoms with E-state index in [0.717, 1.165) is 0 Å². The van der Waals surface area contributed by atoms with Crippen molar-refractivity contribution in [3.05, 3.63) is 28.2 Å².